The molecule has 1 unspecified atom stereocenters. The van der Waals surface area contributed by atoms with Gasteiger partial charge in [0, 0.05) is 18.7 Å². The maximum Gasteiger partial charge on any atom is 0.252 e. The molecule has 0 aliphatic heterocycles. The fourth-order valence-electron chi connectivity index (χ4n) is 2.12. The molecular weight excluding hydrogens is 240 g/mol. The molecule has 0 saturated heterocycles. The summed E-state index contributed by atoms with van der Waals surface area (Å²) in [6.07, 6.45) is -0.413. The zero-order valence-corrected chi connectivity index (χ0v) is 11.6. The number of hydrogen-bond donors (Lipinski definition) is 3. The zero-order valence-electron chi connectivity index (χ0n) is 11.6. The number of benzene rings is 1. The van der Waals surface area contributed by atoms with E-state index in [1.165, 1.54) is 5.56 Å². The fraction of sp³-hybridized carbons (Fsp3) is 0.400. The number of fused-ring (bicyclic) bond motifs is 1. The predicted octanol–water partition coefficient (Wildman–Crippen LogP) is 1.62. The average molecular weight is 260 g/mol. The van der Waals surface area contributed by atoms with Crippen LogP contribution in [0.25, 0.3) is 10.9 Å². The molecule has 1 atom stereocenters. The van der Waals surface area contributed by atoms with Gasteiger partial charge >= 0.3 is 0 Å². The van der Waals surface area contributed by atoms with Crippen LogP contribution in [0.15, 0.2) is 23.0 Å². The van der Waals surface area contributed by atoms with Gasteiger partial charge in [-0.25, -0.2) is 0 Å². The highest BCUT2D eigenvalue weighted by Gasteiger charge is 2.06. The highest BCUT2D eigenvalue weighted by atomic mass is 16.3. The number of aryl methyl sites for hydroxylation is 2. The number of nitrogens with one attached hydrogen (secondary N) is 2. The number of hydrogen-bond acceptors (Lipinski definition) is 3. The van der Waals surface area contributed by atoms with Crippen LogP contribution in [-0.4, -0.2) is 22.7 Å². The lowest BCUT2D eigenvalue weighted by Crippen LogP contribution is -2.27. The van der Waals surface area contributed by atoms with E-state index in [-0.39, 0.29) is 5.56 Å². The van der Waals surface area contributed by atoms with Gasteiger partial charge in [-0.2, -0.15) is 0 Å². The minimum absolute atomic E-state index is 0.0701. The van der Waals surface area contributed by atoms with Crippen molar-refractivity contribution in [1.82, 2.24) is 10.3 Å². The Kier molecular flexibility index (Phi) is 4.02. The van der Waals surface area contributed by atoms with Crippen molar-refractivity contribution in [1.29, 1.82) is 0 Å². The van der Waals surface area contributed by atoms with E-state index in [1.54, 1.807) is 6.92 Å². The van der Waals surface area contributed by atoms with Crippen LogP contribution in [0.5, 0.6) is 0 Å². The fourth-order valence-corrected chi connectivity index (χ4v) is 2.12. The molecule has 0 bridgehead atoms. The number of aliphatic hydroxyl groups is 1. The van der Waals surface area contributed by atoms with Gasteiger partial charge in [0.25, 0.3) is 5.56 Å². The van der Waals surface area contributed by atoms with E-state index in [0.717, 1.165) is 16.5 Å². The third-order valence-electron chi connectivity index (χ3n) is 3.38. The summed E-state index contributed by atoms with van der Waals surface area (Å²) in [4.78, 5) is 15.0. The van der Waals surface area contributed by atoms with E-state index in [1.807, 2.05) is 26.0 Å². The predicted molar refractivity (Wildman–Crippen MR) is 77.4 cm³/mol. The minimum atomic E-state index is -0.413. The van der Waals surface area contributed by atoms with Crippen molar-refractivity contribution in [3.8, 4) is 0 Å². The molecular formula is C15H20N2O2. The Labute approximate surface area is 112 Å². The topological polar surface area (TPSA) is 65.1 Å². The van der Waals surface area contributed by atoms with Gasteiger partial charge in [0.2, 0.25) is 0 Å². The standard InChI is InChI=1S/C15H20N2O2/c1-9-4-5-12-6-13(8-16-7-10(2)18)15(19)17-14(12)11(9)3/h4-6,10,16,18H,7-8H2,1-3H3,(H,17,19). The van der Waals surface area contributed by atoms with Crippen molar-refractivity contribution in [2.45, 2.75) is 33.4 Å². The van der Waals surface area contributed by atoms with Crippen LogP contribution in [-0.2, 0) is 6.54 Å². The SMILES string of the molecule is Cc1ccc2cc(CNCC(C)O)c(=O)[nH]c2c1C. The molecule has 102 valence electrons. The summed E-state index contributed by atoms with van der Waals surface area (Å²) < 4.78 is 0. The lowest BCUT2D eigenvalue weighted by molar-refractivity contribution is 0.191. The van der Waals surface area contributed by atoms with Crippen LogP contribution in [0.4, 0.5) is 0 Å². The van der Waals surface area contributed by atoms with E-state index < -0.39 is 6.10 Å². The van der Waals surface area contributed by atoms with Gasteiger partial charge < -0.3 is 15.4 Å². The monoisotopic (exact) mass is 260 g/mol. The van der Waals surface area contributed by atoms with Crippen molar-refractivity contribution in [2.24, 2.45) is 0 Å². The van der Waals surface area contributed by atoms with E-state index in [9.17, 15) is 9.90 Å². The van der Waals surface area contributed by atoms with Gasteiger partial charge in [0.1, 0.15) is 0 Å². The number of aromatic nitrogens is 1. The smallest absolute Gasteiger partial charge is 0.252 e. The molecule has 0 fully saturated rings. The quantitative estimate of drug-likeness (QED) is 0.782. The summed E-state index contributed by atoms with van der Waals surface area (Å²) in [7, 11) is 0. The third-order valence-corrected chi connectivity index (χ3v) is 3.38. The number of H-pyrrole nitrogens is 1. The van der Waals surface area contributed by atoms with E-state index in [0.29, 0.717) is 18.7 Å². The summed E-state index contributed by atoms with van der Waals surface area (Å²) in [6.45, 7) is 6.70. The lowest BCUT2D eigenvalue weighted by atomic mass is 10.0. The second-order valence-corrected chi connectivity index (χ2v) is 5.08. The van der Waals surface area contributed by atoms with Crippen LogP contribution in [0.1, 0.15) is 23.6 Å². The molecule has 3 N–H and O–H groups in total. The van der Waals surface area contributed by atoms with E-state index in [4.69, 9.17) is 0 Å². The first kappa shape index (κ1) is 13.8. The molecule has 1 heterocycles. The van der Waals surface area contributed by atoms with Gasteiger partial charge in [0.15, 0.2) is 0 Å². The van der Waals surface area contributed by atoms with Crippen LogP contribution in [0, 0.1) is 13.8 Å². The van der Waals surface area contributed by atoms with Gasteiger partial charge in [-0.05, 0) is 43.4 Å². The van der Waals surface area contributed by atoms with Crippen molar-refractivity contribution in [2.75, 3.05) is 6.54 Å². The van der Waals surface area contributed by atoms with Crippen LogP contribution in [0.3, 0.4) is 0 Å². The number of rotatable bonds is 4. The molecule has 0 aliphatic carbocycles. The highest BCUT2D eigenvalue weighted by Crippen LogP contribution is 2.18. The lowest BCUT2D eigenvalue weighted by Gasteiger charge is -2.09. The normalized spacial score (nSPS) is 12.8. The summed E-state index contributed by atoms with van der Waals surface area (Å²) in [5.74, 6) is 0. The first-order chi connectivity index (χ1) is 8.99. The zero-order chi connectivity index (χ0) is 14.0. The van der Waals surface area contributed by atoms with Gasteiger partial charge in [-0.15, -0.1) is 0 Å². The second-order valence-electron chi connectivity index (χ2n) is 5.08. The number of aliphatic hydroxyl groups excluding tert-OH is 1. The summed E-state index contributed by atoms with van der Waals surface area (Å²) in [5.41, 5.74) is 3.81. The summed E-state index contributed by atoms with van der Waals surface area (Å²) in [6, 6.07) is 5.99. The largest absolute Gasteiger partial charge is 0.392 e. The molecule has 2 rings (SSSR count). The molecule has 1 aromatic carbocycles. The summed E-state index contributed by atoms with van der Waals surface area (Å²) in [5, 5.41) is 13.3. The molecule has 0 saturated carbocycles. The molecule has 0 amide bonds. The molecule has 0 spiro atoms. The molecule has 19 heavy (non-hydrogen) atoms. The molecule has 0 radical (unpaired) electrons. The highest BCUT2D eigenvalue weighted by molar-refractivity contribution is 5.83. The number of pyridine rings is 1. The van der Waals surface area contributed by atoms with Crippen molar-refractivity contribution < 1.29 is 5.11 Å². The molecule has 2 aromatic rings. The Morgan fingerprint density at radius 2 is 2.11 bits per heavy atom. The average Bonchev–Trinajstić information content (AvgIpc) is 2.35. The Bertz CT molecular complexity index is 644. The van der Waals surface area contributed by atoms with Crippen LogP contribution in [0.2, 0.25) is 0 Å². The number of aromatic amines is 1. The minimum Gasteiger partial charge on any atom is -0.392 e. The molecule has 0 aliphatic rings. The van der Waals surface area contributed by atoms with Gasteiger partial charge in [-0.1, -0.05) is 12.1 Å². The van der Waals surface area contributed by atoms with Gasteiger partial charge in [0.05, 0.1) is 11.6 Å². The molecule has 1 aromatic heterocycles. The van der Waals surface area contributed by atoms with Crippen molar-refractivity contribution in [3.05, 3.63) is 45.2 Å². The first-order valence-electron chi connectivity index (χ1n) is 6.50. The maximum atomic E-state index is 12.0. The van der Waals surface area contributed by atoms with Gasteiger partial charge in [-0.3, -0.25) is 4.79 Å². The molecule has 4 heteroatoms. The Balaban J connectivity index is 2.35. The Morgan fingerprint density at radius 1 is 1.37 bits per heavy atom. The van der Waals surface area contributed by atoms with Crippen molar-refractivity contribution >= 4 is 10.9 Å². The van der Waals surface area contributed by atoms with E-state index in [2.05, 4.69) is 16.4 Å². The Hall–Kier alpha value is -1.65. The molecule has 4 nitrogen and oxygen atoms in total. The first-order valence-corrected chi connectivity index (χ1v) is 6.50. The van der Waals surface area contributed by atoms with E-state index >= 15 is 0 Å². The van der Waals surface area contributed by atoms with Crippen LogP contribution >= 0.6 is 0 Å². The third kappa shape index (κ3) is 3.03. The summed E-state index contributed by atoms with van der Waals surface area (Å²) >= 11 is 0. The van der Waals surface area contributed by atoms with Crippen LogP contribution < -0.4 is 10.9 Å². The maximum absolute atomic E-state index is 12.0. The van der Waals surface area contributed by atoms with Crippen molar-refractivity contribution in [3.63, 3.8) is 0 Å². The second kappa shape index (κ2) is 5.55. The Morgan fingerprint density at radius 3 is 2.79 bits per heavy atom.